The minimum atomic E-state index is 0.537. The predicted molar refractivity (Wildman–Crippen MR) is 57.9 cm³/mol. The molecule has 4 rings (SSSR count). The van der Waals surface area contributed by atoms with Crippen molar-refractivity contribution >= 4 is 0 Å². The molecule has 2 heterocycles. The molecular weight excluding hydrogens is 172 g/mol. The van der Waals surface area contributed by atoms with E-state index in [0.29, 0.717) is 6.04 Å². The zero-order valence-electron chi connectivity index (χ0n) is 9.32. The van der Waals surface area contributed by atoms with Crippen molar-refractivity contribution in [2.45, 2.75) is 38.8 Å². The first-order valence-corrected chi connectivity index (χ1v) is 6.16. The summed E-state index contributed by atoms with van der Waals surface area (Å²) < 4.78 is 0. The van der Waals surface area contributed by atoms with Crippen LogP contribution in [-0.4, -0.2) is 30.1 Å². The number of hydrogen-bond acceptors (Lipinski definition) is 2. The minimum Gasteiger partial charge on any atom is -0.327 e. The van der Waals surface area contributed by atoms with Gasteiger partial charge in [-0.3, -0.25) is 4.90 Å². The third-order valence-corrected chi connectivity index (χ3v) is 5.00. The lowest BCUT2D eigenvalue weighted by molar-refractivity contribution is -0.0212. The molecule has 4 fully saturated rings. The molecule has 2 bridgehead atoms. The van der Waals surface area contributed by atoms with Crippen LogP contribution >= 0.6 is 0 Å². The Morgan fingerprint density at radius 2 is 1.79 bits per heavy atom. The molecule has 2 heteroatoms. The summed E-state index contributed by atoms with van der Waals surface area (Å²) in [5, 5.41) is 0. The van der Waals surface area contributed by atoms with Crippen molar-refractivity contribution in [1.82, 2.24) is 4.90 Å². The molecular formula is C12H22N2. The molecule has 2 aliphatic carbocycles. The van der Waals surface area contributed by atoms with Gasteiger partial charge in [-0.2, -0.15) is 0 Å². The van der Waals surface area contributed by atoms with Gasteiger partial charge in [-0.25, -0.2) is 0 Å². The van der Waals surface area contributed by atoms with E-state index >= 15 is 0 Å². The second kappa shape index (κ2) is 2.96. The second-order valence-electron chi connectivity index (χ2n) is 5.90. The fourth-order valence-electron chi connectivity index (χ4n) is 3.59. The largest absolute Gasteiger partial charge is 0.327 e. The van der Waals surface area contributed by atoms with Crippen molar-refractivity contribution in [3.8, 4) is 0 Å². The van der Waals surface area contributed by atoms with Gasteiger partial charge in [0.1, 0.15) is 0 Å². The van der Waals surface area contributed by atoms with Crippen molar-refractivity contribution in [3.05, 3.63) is 0 Å². The van der Waals surface area contributed by atoms with Crippen LogP contribution in [0.1, 0.15) is 26.7 Å². The fourth-order valence-corrected chi connectivity index (χ4v) is 3.59. The molecule has 2 aliphatic heterocycles. The molecule has 0 aromatic carbocycles. The van der Waals surface area contributed by atoms with E-state index in [-0.39, 0.29) is 0 Å². The Hall–Kier alpha value is -0.0800. The third kappa shape index (κ3) is 1.24. The number of rotatable bonds is 2. The Balaban J connectivity index is 1.60. The van der Waals surface area contributed by atoms with Crippen LogP contribution in [0.4, 0.5) is 0 Å². The van der Waals surface area contributed by atoms with Crippen molar-refractivity contribution in [1.29, 1.82) is 0 Å². The molecule has 0 radical (unpaired) electrons. The maximum Gasteiger partial charge on any atom is 0.0120 e. The van der Waals surface area contributed by atoms with Crippen LogP contribution in [0.25, 0.3) is 0 Å². The van der Waals surface area contributed by atoms with Gasteiger partial charge in [0.2, 0.25) is 0 Å². The summed E-state index contributed by atoms with van der Waals surface area (Å²) in [5.41, 5.74) is 6.08. The smallest absolute Gasteiger partial charge is 0.0120 e. The summed E-state index contributed by atoms with van der Waals surface area (Å²) in [6.45, 7) is 7.37. The first-order valence-electron chi connectivity index (χ1n) is 6.16. The Bertz CT molecular complexity index is 228. The average molecular weight is 194 g/mol. The molecule has 0 spiro atoms. The number of hydrogen-bond donors (Lipinski definition) is 1. The van der Waals surface area contributed by atoms with Crippen LogP contribution < -0.4 is 5.73 Å². The fraction of sp³-hybridized carbons (Fsp3) is 1.00. The highest BCUT2D eigenvalue weighted by atomic mass is 15.2. The van der Waals surface area contributed by atoms with Gasteiger partial charge in [0.25, 0.3) is 0 Å². The first-order chi connectivity index (χ1) is 6.66. The molecule has 0 amide bonds. The van der Waals surface area contributed by atoms with Crippen molar-refractivity contribution < 1.29 is 0 Å². The Morgan fingerprint density at radius 1 is 1.21 bits per heavy atom. The van der Waals surface area contributed by atoms with Crippen molar-refractivity contribution in [3.63, 3.8) is 0 Å². The van der Waals surface area contributed by atoms with Gasteiger partial charge >= 0.3 is 0 Å². The summed E-state index contributed by atoms with van der Waals surface area (Å²) in [6.07, 6.45) is 2.86. The summed E-state index contributed by atoms with van der Waals surface area (Å²) in [6, 6.07) is 1.36. The van der Waals surface area contributed by atoms with E-state index in [4.69, 9.17) is 5.73 Å². The molecule has 14 heavy (non-hydrogen) atoms. The number of piperidine rings is 2. The summed E-state index contributed by atoms with van der Waals surface area (Å²) in [4.78, 5) is 2.70. The molecule has 80 valence electrons. The van der Waals surface area contributed by atoms with E-state index in [1.807, 2.05) is 0 Å². The van der Waals surface area contributed by atoms with Crippen LogP contribution in [0.15, 0.2) is 0 Å². The Morgan fingerprint density at radius 3 is 2.21 bits per heavy atom. The standard InChI is InChI=1S/C12H22N2/c1-7-3-11(7)8(2)14-5-9-4-10(6-14)12(9)13/h7-12H,3-6,13H2,1-2H3. The highest BCUT2D eigenvalue weighted by Gasteiger charge is 2.48. The van der Waals surface area contributed by atoms with Crippen LogP contribution in [0.5, 0.6) is 0 Å². The lowest BCUT2D eigenvalue weighted by Crippen LogP contribution is -2.63. The Kier molecular flexibility index (Phi) is 1.94. The monoisotopic (exact) mass is 194 g/mol. The SMILES string of the molecule is CC1CC1C(C)N1CC2CC(C1)C2N. The molecule has 2 saturated heterocycles. The lowest BCUT2D eigenvalue weighted by atomic mass is 9.66. The maximum absolute atomic E-state index is 6.08. The van der Waals surface area contributed by atoms with Crippen LogP contribution in [0, 0.1) is 23.7 Å². The molecule has 2 saturated carbocycles. The number of nitrogens with two attached hydrogens (primary N) is 1. The minimum absolute atomic E-state index is 0.537. The highest BCUT2D eigenvalue weighted by molar-refractivity contribution is 5.03. The second-order valence-corrected chi connectivity index (χ2v) is 5.90. The zero-order valence-corrected chi connectivity index (χ0v) is 9.32. The van der Waals surface area contributed by atoms with E-state index < -0.39 is 0 Å². The predicted octanol–water partition coefficient (Wildman–Crippen LogP) is 1.31. The van der Waals surface area contributed by atoms with Gasteiger partial charge in [-0.15, -0.1) is 0 Å². The van der Waals surface area contributed by atoms with Gasteiger partial charge in [-0.05, 0) is 43.4 Å². The van der Waals surface area contributed by atoms with Gasteiger partial charge in [0, 0.05) is 25.2 Å². The zero-order chi connectivity index (χ0) is 9.87. The third-order valence-electron chi connectivity index (χ3n) is 5.00. The van der Waals surface area contributed by atoms with E-state index in [2.05, 4.69) is 18.7 Å². The number of nitrogens with zero attached hydrogens (tertiary/aromatic N) is 1. The van der Waals surface area contributed by atoms with Gasteiger partial charge in [0.05, 0.1) is 0 Å². The van der Waals surface area contributed by atoms with Crippen LogP contribution in [0.3, 0.4) is 0 Å². The van der Waals surface area contributed by atoms with Crippen molar-refractivity contribution in [2.24, 2.45) is 29.4 Å². The van der Waals surface area contributed by atoms with Gasteiger partial charge in [-0.1, -0.05) is 6.92 Å². The topological polar surface area (TPSA) is 29.3 Å². The molecule has 5 unspecified atom stereocenters. The summed E-state index contributed by atoms with van der Waals surface area (Å²) in [7, 11) is 0. The van der Waals surface area contributed by atoms with Crippen LogP contribution in [-0.2, 0) is 0 Å². The van der Waals surface area contributed by atoms with E-state index in [1.54, 1.807) is 0 Å². The average Bonchev–Trinajstić information content (AvgIpc) is 2.93. The molecule has 4 aliphatic rings. The lowest BCUT2D eigenvalue weighted by Gasteiger charge is -2.53. The summed E-state index contributed by atoms with van der Waals surface area (Å²) in [5.74, 6) is 3.62. The quantitative estimate of drug-likeness (QED) is 0.718. The van der Waals surface area contributed by atoms with Crippen molar-refractivity contribution in [2.75, 3.05) is 13.1 Å². The van der Waals surface area contributed by atoms with Gasteiger partial charge in [0.15, 0.2) is 0 Å². The van der Waals surface area contributed by atoms with E-state index in [1.165, 1.54) is 25.9 Å². The highest BCUT2D eigenvalue weighted by Crippen LogP contribution is 2.46. The first kappa shape index (κ1) is 9.17. The van der Waals surface area contributed by atoms with Gasteiger partial charge < -0.3 is 5.73 Å². The van der Waals surface area contributed by atoms with E-state index in [0.717, 1.165) is 29.7 Å². The van der Waals surface area contributed by atoms with Crippen LogP contribution in [0.2, 0.25) is 0 Å². The number of fused-ring (bicyclic) bond motifs is 2. The Labute approximate surface area is 86.8 Å². The van der Waals surface area contributed by atoms with E-state index in [9.17, 15) is 0 Å². The molecule has 2 nitrogen and oxygen atoms in total. The molecule has 0 aromatic rings. The molecule has 0 aromatic heterocycles. The normalized spacial score (nSPS) is 53.8. The maximum atomic E-state index is 6.08. The molecule has 2 N–H and O–H groups in total. The molecule has 5 atom stereocenters. The summed E-state index contributed by atoms with van der Waals surface area (Å²) >= 11 is 0.